The Balaban J connectivity index is 0. The highest BCUT2D eigenvalue weighted by molar-refractivity contribution is 5.86. The van der Waals surface area contributed by atoms with Gasteiger partial charge in [0.1, 0.15) is 6.04 Å². The second-order valence-corrected chi connectivity index (χ2v) is 3.23. The van der Waals surface area contributed by atoms with Crippen LogP contribution >= 0.6 is 0 Å². The molecule has 1 heterocycles. The molecule has 0 aromatic carbocycles. The van der Waals surface area contributed by atoms with Crippen molar-refractivity contribution in [2.75, 3.05) is 6.54 Å². The minimum atomic E-state index is -0.365. The molecule has 0 radical (unpaired) electrons. The zero-order valence-electron chi connectivity index (χ0n) is 11.7. The van der Waals surface area contributed by atoms with Crippen LogP contribution in [0.3, 0.4) is 0 Å². The number of carbonyl (C=O) groups excluding carboxylic acids is 2. The van der Waals surface area contributed by atoms with Gasteiger partial charge in [-0.15, -0.1) is 0 Å². The molecule has 3 N–H and O–H groups in total. The van der Waals surface area contributed by atoms with Gasteiger partial charge in [0.15, 0.2) is 0 Å². The van der Waals surface area contributed by atoms with E-state index in [-0.39, 0.29) is 17.9 Å². The molecule has 0 bridgehead atoms. The predicted octanol–water partition coefficient (Wildman–Crippen LogP) is 1.43. The van der Waals surface area contributed by atoms with E-state index in [2.05, 4.69) is 5.43 Å². The summed E-state index contributed by atoms with van der Waals surface area (Å²) < 4.78 is 0. The summed E-state index contributed by atoms with van der Waals surface area (Å²) in [6, 6.07) is -0.365. The van der Waals surface area contributed by atoms with Crippen LogP contribution in [0.25, 0.3) is 0 Å². The maximum atomic E-state index is 11.3. The lowest BCUT2D eigenvalue weighted by Crippen LogP contribution is -2.52. The van der Waals surface area contributed by atoms with E-state index in [4.69, 9.17) is 5.84 Å². The predicted molar refractivity (Wildman–Crippen MR) is 70.1 cm³/mol. The summed E-state index contributed by atoms with van der Waals surface area (Å²) in [4.78, 5) is 24.0. The molecular weight excluding hydrogens is 218 g/mol. The fourth-order valence-electron chi connectivity index (χ4n) is 1.68. The molecule has 0 aromatic heterocycles. The highest BCUT2D eigenvalue weighted by Gasteiger charge is 2.29. The van der Waals surface area contributed by atoms with Crippen molar-refractivity contribution in [2.24, 2.45) is 5.84 Å². The molecule has 1 unspecified atom stereocenters. The number of hydrogen-bond donors (Lipinski definition) is 2. The van der Waals surface area contributed by atoms with E-state index >= 15 is 0 Å². The van der Waals surface area contributed by atoms with Crippen LogP contribution in [-0.2, 0) is 9.59 Å². The maximum Gasteiger partial charge on any atom is 0.256 e. The zero-order valence-corrected chi connectivity index (χ0v) is 11.7. The minimum absolute atomic E-state index is 0.0618. The van der Waals surface area contributed by atoms with Gasteiger partial charge in [0.05, 0.1) is 0 Å². The molecule has 1 fully saturated rings. The second-order valence-electron chi connectivity index (χ2n) is 3.23. The summed E-state index contributed by atoms with van der Waals surface area (Å²) >= 11 is 0. The molecule has 5 heteroatoms. The van der Waals surface area contributed by atoms with Crippen LogP contribution in [0.15, 0.2) is 0 Å². The van der Waals surface area contributed by atoms with Crippen LogP contribution in [0.1, 0.15) is 53.9 Å². The molecule has 1 saturated heterocycles. The lowest BCUT2D eigenvalue weighted by molar-refractivity contribution is -0.140. The number of hydrogen-bond acceptors (Lipinski definition) is 3. The van der Waals surface area contributed by atoms with Gasteiger partial charge in [0.25, 0.3) is 5.91 Å². The van der Waals surface area contributed by atoms with Gasteiger partial charge in [-0.1, -0.05) is 27.7 Å². The molecule has 102 valence electrons. The number of nitrogens with two attached hydrogens (primary N) is 1. The van der Waals surface area contributed by atoms with Gasteiger partial charge in [-0.3, -0.25) is 15.0 Å². The Morgan fingerprint density at radius 2 is 1.71 bits per heavy atom. The lowest BCUT2D eigenvalue weighted by Gasteiger charge is -2.33. The molecule has 17 heavy (non-hydrogen) atoms. The largest absolute Gasteiger partial charge is 0.331 e. The van der Waals surface area contributed by atoms with Crippen molar-refractivity contribution in [2.45, 2.75) is 59.9 Å². The molecule has 1 rings (SSSR count). The Hall–Kier alpha value is -1.10. The number of carbonyl (C=O) groups is 2. The van der Waals surface area contributed by atoms with E-state index in [0.717, 1.165) is 12.8 Å². The van der Waals surface area contributed by atoms with Crippen molar-refractivity contribution in [3.8, 4) is 0 Å². The van der Waals surface area contributed by atoms with Crippen LogP contribution < -0.4 is 11.3 Å². The average molecular weight is 245 g/mol. The van der Waals surface area contributed by atoms with Crippen molar-refractivity contribution in [1.29, 1.82) is 0 Å². The zero-order chi connectivity index (χ0) is 13.8. The van der Waals surface area contributed by atoms with Crippen molar-refractivity contribution < 1.29 is 9.59 Å². The average Bonchev–Trinajstić information content (AvgIpc) is 2.42. The number of rotatable bonds is 1. The Kier molecular flexibility index (Phi) is 12.2. The van der Waals surface area contributed by atoms with Crippen molar-refractivity contribution in [3.05, 3.63) is 0 Å². The summed E-state index contributed by atoms with van der Waals surface area (Å²) in [7, 11) is 0. The Bertz CT molecular complexity index is 220. The maximum absolute atomic E-state index is 11.3. The molecule has 1 atom stereocenters. The van der Waals surface area contributed by atoms with Crippen molar-refractivity contribution in [1.82, 2.24) is 10.3 Å². The lowest BCUT2D eigenvalue weighted by atomic mass is 10.0. The summed E-state index contributed by atoms with van der Waals surface area (Å²) in [6.07, 6.45) is 2.65. The smallest absolute Gasteiger partial charge is 0.256 e. The van der Waals surface area contributed by atoms with Gasteiger partial charge in [0.2, 0.25) is 5.91 Å². The van der Waals surface area contributed by atoms with Crippen molar-refractivity contribution in [3.63, 3.8) is 0 Å². The Morgan fingerprint density at radius 1 is 1.18 bits per heavy atom. The SMILES string of the molecule is CC.CC.CC(=O)N1CCCCC1C(=O)NN. The van der Waals surface area contributed by atoms with E-state index < -0.39 is 0 Å². The topological polar surface area (TPSA) is 75.4 Å². The number of piperidine rings is 1. The third-order valence-electron chi connectivity index (χ3n) is 2.35. The molecule has 0 saturated carbocycles. The van der Waals surface area contributed by atoms with Gasteiger partial charge >= 0.3 is 0 Å². The van der Waals surface area contributed by atoms with Crippen LogP contribution in [0.5, 0.6) is 0 Å². The van der Waals surface area contributed by atoms with Gasteiger partial charge in [-0.2, -0.15) is 0 Å². The molecule has 0 spiro atoms. The fraction of sp³-hybridized carbons (Fsp3) is 0.833. The normalized spacial score (nSPS) is 18.0. The van der Waals surface area contributed by atoms with Crippen LogP contribution in [0.4, 0.5) is 0 Å². The first-order chi connectivity index (χ1) is 8.16. The second kappa shape index (κ2) is 11.4. The van der Waals surface area contributed by atoms with Gasteiger partial charge < -0.3 is 4.90 Å². The van der Waals surface area contributed by atoms with E-state index in [1.165, 1.54) is 6.92 Å². The van der Waals surface area contributed by atoms with Gasteiger partial charge in [0, 0.05) is 13.5 Å². The monoisotopic (exact) mass is 245 g/mol. The van der Waals surface area contributed by atoms with Gasteiger partial charge in [-0.05, 0) is 19.3 Å². The Morgan fingerprint density at radius 3 is 2.12 bits per heavy atom. The molecule has 0 aliphatic carbocycles. The summed E-state index contributed by atoms with van der Waals surface area (Å²) in [5.41, 5.74) is 2.09. The molecular formula is C12H27N3O2. The molecule has 2 amide bonds. The molecule has 1 aliphatic heterocycles. The Labute approximate surface area is 105 Å². The number of likely N-dealkylation sites (tertiary alicyclic amines) is 1. The minimum Gasteiger partial charge on any atom is -0.331 e. The first kappa shape index (κ1) is 18.3. The third kappa shape index (κ3) is 6.26. The summed E-state index contributed by atoms with van der Waals surface area (Å²) in [5, 5.41) is 0. The van der Waals surface area contributed by atoms with E-state index in [0.29, 0.717) is 13.0 Å². The number of hydrazine groups is 1. The summed E-state index contributed by atoms with van der Waals surface area (Å²) in [5.74, 6) is 4.70. The molecule has 5 nitrogen and oxygen atoms in total. The van der Waals surface area contributed by atoms with Crippen molar-refractivity contribution >= 4 is 11.8 Å². The number of nitrogens with one attached hydrogen (secondary N) is 1. The highest BCUT2D eigenvalue weighted by Crippen LogP contribution is 2.16. The first-order valence-corrected chi connectivity index (χ1v) is 6.44. The standard InChI is InChI=1S/C8H15N3O2.2C2H6/c1-6(12)11-5-3-2-4-7(11)8(13)10-9;2*1-2/h7H,2-5,9H2,1H3,(H,10,13);2*1-2H3. The number of nitrogens with zero attached hydrogens (tertiary/aromatic N) is 1. The van der Waals surface area contributed by atoms with Crippen LogP contribution in [0.2, 0.25) is 0 Å². The van der Waals surface area contributed by atoms with E-state index in [9.17, 15) is 9.59 Å². The van der Waals surface area contributed by atoms with Crippen LogP contribution in [-0.4, -0.2) is 29.3 Å². The van der Waals surface area contributed by atoms with E-state index in [1.54, 1.807) is 4.90 Å². The quantitative estimate of drug-likeness (QED) is 0.417. The third-order valence-corrected chi connectivity index (χ3v) is 2.35. The van der Waals surface area contributed by atoms with Crippen LogP contribution in [0, 0.1) is 0 Å². The fourth-order valence-corrected chi connectivity index (χ4v) is 1.68. The molecule has 1 aliphatic rings. The summed E-state index contributed by atoms with van der Waals surface area (Å²) in [6.45, 7) is 10.1. The first-order valence-electron chi connectivity index (χ1n) is 6.44. The molecule has 0 aromatic rings. The number of amides is 2. The van der Waals surface area contributed by atoms with E-state index in [1.807, 2.05) is 27.7 Å². The van der Waals surface area contributed by atoms with Gasteiger partial charge in [-0.25, -0.2) is 5.84 Å². The highest BCUT2D eigenvalue weighted by atomic mass is 16.2.